The third kappa shape index (κ3) is 5.49. The monoisotopic (exact) mass is 615 g/mol. The van der Waals surface area contributed by atoms with Crippen LogP contribution in [0.25, 0.3) is 0 Å². The van der Waals surface area contributed by atoms with Crippen LogP contribution in [0.3, 0.4) is 0 Å². The van der Waals surface area contributed by atoms with E-state index in [2.05, 4.69) is 41.2 Å². The van der Waals surface area contributed by atoms with Crippen molar-refractivity contribution >= 4 is 35.0 Å². The third-order valence-electron chi connectivity index (χ3n) is 10.7. The zero-order valence-corrected chi connectivity index (χ0v) is 26.0. The lowest BCUT2D eigenvalue weighted by atomic mass is 9.73. The molecule has 8 atom stereocenters. The van der Waals surface area contributed by atoms with Gasteiger partial charge in [-0.05, 0) is 43.0 Å². The van der Waals surface area contributed by atoms with Crippen molar-refractivity contribution in [3.63, 3.8) is 0 Å². The number of piperazine rings is 1. The molecule has 0 aromatic heterocycles. The van der Waals surface area contributed by atoms with Gasteiger partial charge in [0.05, 0.1) is 23.0 Å². The summed E-state index contributed by atoms with van der Waals surface area (Å²) in [5, 5.41) is 6.01. The van der Waals surface area contributed by atoms with E-state index in [0.29, 0.717) is 30.6 Å². The summed E-state index contributed by atoms with van der Waals surface area (Å²) in [5.41, 5.74) is -0.890. The number of amides is 3. The molecule has 5 aliphatic rings. The Morgan fingerprint density at radius 2 is 1.84 bits per heavy atom. The van der Waals surface area contributed by atoms with Gasteiger partial charge in [0.15, 0.2) is 0 Å². The molecule has 2 N–H and O–H groups in total. The fourth-order valence-electron chi connectivity index (χ4n) is 7.93. The highest BCUT2D eigenvalue weighted by Crippen LogP contribution is 2.55. The van der Waals surface area contributed by atoms with Crippen molar-refractivity contribution in [2.24, 2.45) is 23.7 Å². The number of halogens is 2. The first kappa shape index (κ1) is 30.5. The van der Waals surface area contributed by atoms with Gasteiger partial charge < -0.3 is 25.2 Å². The number of nitrogens with one attached hydrogen (secondary N) is 2. The Kier molecular flexibility index (Phi) is 8.58. The topological polar surface area (TPSA) is 94.2 Å². The first-order valence-electron chi connectivity index (χ1n) is 15.8. The lowest BCUT2D eigenvalue weighted by Gasteiger charge is -2.39. The van der Waals surface area contributed by atoms with Crippen molar-refractivity contribution in [1.29, 1.82) is 0 Å². The minimum Gasteiger partial charge on any atom is -0.359 e. The highest BCUT2D eigenvalue weighted by Gasteiger charge is 2.72. The predicted molar refractivity (Wildman–Crippen MR) is 162 cm³/mol. The summed E-state index contributed by atoms with van der Waals surface area (Å²) in [6.07, 6.45) is 6.11. The molecule has 1 saturated carbocycles. The quantitative estimate of drug-likeness (QED) is 0.437. The molecule has 4 aliphatic heterocycles. The molecule has 1 aliphatic carbocycles. The summed E-state index contributed by atoms with van der Waals surface area (Å²) in [7, 11) is 0. The van der Waals surface area contributed by atoms with Crippen molar-refractivity contribution in [3.8, 4) is 0 Å². The minimum atomic E-state index is -1.22. The van der Waals surface area contributed by atoms with Crippen molar-refractivity contribution in [2.75, 3.05) is 51.1 Å². The molecule has 11 heteroatoms. The van der Waals surface area contributed by atoms with E-state index in [1.807, 2.05) is 12.2 Å². The van der Waals surface area contributed by atoms with Gasteiger partial charge in [0.1, 0.15) is 17.5 Å². The van der Waals surface area contributed by atoms with Gasteiger partial charge in [-0.3, -0.25) is 19.3 Å². The number of ether oxygens (including phenoxy) is 1. The van der Waals surface area contributed by atoms with Crippen LogP contribution in [0.5, 0.6) is 0 Å². The molecule has 9 nitrogen and oxygen atoms in total. The highest BCUT2D eigenvalue weighted by atomic mass is 35.5. The summed E-state index contributed by atoms with van der Waals surface area (Å²) in [6, 6.07) is 3.12. The predicted octanol–water partition coefficient (Wildman–Crippen LogP) is 3.15. The molecule has 3 amide bonds. The van der Waals surface area contributed by atoms with Gasteiger partial charge in [-0.25, -0.2) is 4.39 Å². The minimum absolute atomic E-state index is 0.0238. The Morgan fingerprint density at radius 1 is 1.09 bits per heavy atom. The second-order valence-corrected chi connectivity index (χ2v) is 13.4. The van der Waals surface area contributed by atoms with Gasteiger partial charge >= 0.3 is 0 Å². The molecule has 1 aromatic rings. The Bertz CT molecular complexity index is 1290. The molecule has 6 rings (SSSR count). The van der Waals surface area contributed by atoms with Crippen molar-refractivity contribution in [1.82, 2.24) is 20.0 Å². The average molecular weight is 616 g/mol. The molecule has 2 bridgehead atoms. The summed E-state index contributed by atoms with van der Waals surface area (Å²) in [5.74, 6) is -2.29. The summed E-state index contributed by atoms with van der Waals surface area (Å²) in [4.78, 5) is 48.6. The van der Waals surface area contributed by atoms with Gasteiger partial charge in [0, 0.05) is 51.0 Å². The fourth-order valence-corrected chi connectivity index (χ4v) is 8.11. The van der Waals surface area contributed by atoms with Gasteiger partial charge in [0.2, 0.25) is 17.7 Å². The van der Waals surface area contributed by atoms with Gasteiger partial charge in [-0.2, -0.15) is 0 Å². The number of rotatable bonds is 8. The van der Waals surface area contributed by atoms with Gasteiger partial charge in [-0.15, -0.1) is 0 Å². The number of fused-ring (bicyclic) bond motifs is 1. The lowest BCUT2D eigenvalue weighted by Crippen LogP contribution is -2.58. The number of likely N-dealkylation sites (tertiary alicyclic amines) is 1. The fraction of sp³-hybridized carbons (Fsp3) is 0.656. The maximum absolute atomic E-state index is 14.3. The van der Waals surface area contributed by atoms with E-state index in [4.69, 9.17) is 16.3 Å². The zero-order chi connectivity index (χ0) is 30.5. The standard InChI is InChI=1S/C32H43ClFN5O4/c1-4-37-12-14-38(15-13-37)16-17-39-28(30(41)36-24-7-5-6-19(2)20(24)3)32-11-10-25(43-32)26(27(32)31(39)42)29(40)35-21-8-9-23(34)22(33)18-21/h8-11,18-20,24-28H,4-7,12-17H2,1-3H3,(H,35,40)(H,36,41). The van der Waals surface area contributed by atoms with Crippen LogP contribution in [-0.4, -0.2) is 102 Å². The van der Waals surface area contributed by atoms with Crippen LogP contribution in [-0.2, 0) is 19.1 Å². The molecule has 8 unspecified atom stereocenters. The lowest BCUT2D eigenvalue weighted by molar-refractivity contribution is -0.142. The van der Waals surface area contributed by atoms with Crippen molar-refractivity contribution in [2.45, 2.75) is 63.8 Å². The van der Waals surface area contributed by atoms with Crippen LogP contribution in [0.2, 0.25) is 5.02 Å². The van der Waals surface area contributed by atoms with Gasteiger partial charge in [0.25, 0.3) is 0 Å². The molecule has 43 heavy (non-hydrogen) atoms. The Hall–Kier alpha value is -2.53. The molecular formula is C32H43ClFN5O4. The van der Waals surface area contributed by atoms with E-state index < -0.39 is 41.3 Å². The van der Waals surface area contributed by atoms with Crippen LogP contribution >= 0.6 is 11.6 Å². The van der Waals surface area contributed by atoms with Gasteiger partial charge in [-0.1, -0.05) is 57.4 Å². The van der Waals surface area contributed by atoms with Crippen LogP contribution in [0.4, 0.5) is 10.1 Å². The summed E-state index contributed by atoms with van der Waals surface area (Å²) < 4.78 is 20.2. The van der Waals surface area contributed by atoms with E-state index in [1.54, 1.807) is 4.90 Å². The van der Waals surface area contributed by atoms with E-state index >= 15 is 0 Å². The molecular weight excluding hydrogens is 573 g/mol. The normalized spacial score (nSPS) is 35.8. The summed E-state index contributed by atoms with van der Waals surface area (Å²) in [6.45, 7) is 12.4. The molecule has 1 spiro atoms. The first-order valence-corrected chi connectivity index (χ1v) is 16.2. The highest BCUT2D eigenvalue weighted by molar-refractivity contribution is 6.31. The van der Waals surface area contributed by atoms with Crippen LogP contribution < -0.4 is 10.6 Å². The number of hydrogen-bond acceptors (Lipinski definition) is 6. The molecule has 4 fully saturated rings. The van der Waals surface area contributed by atoms with Crippen LogP contribution in [0, 0.1) is 29.5 Å². The van der Waals surface area contributed by atoms with Crippen molar-refractivity contribution in [3.05, 3.63) is 41.2 Å². The maximum Gasteiger partial charge on any atom is 0.246 e. The zero-order valence-electron chi connectivity index (χ0n) is 25.2. The number of benzene rings is 1. The Balaban J connectivity index is 1.25. The average Bonchev–Trinajstić information content (AvgIpc) is 3.63. The number of likely N-dealkylation sites (N-methyl/N-ethyl adjacent to an activating group) is 1. The van der Waals surface area contributed by atoms with E-state index in [0.717, 1.165) is 52.0 Å². The number of nitrogens with zero attached hydrogens (tertiary/aromatic N) is 3. The SMILES string of the molecule is CCN1CCN(CCN2C(=O)C3C(C(=O)Nc4ccc(F)c(Cl)c4)C4C=CC3(O4)C2C(=O)NC2CCCC(C)C2C)CC1. The number of anilines is 1. The third-order valence-corrected chi connectivity index (χ3v) is 11.0. The molecule has 3 saturated heterocycles. The Morgan fingerprint density at radius 3 is 2.56 bits per heavy atom. The van der Waals surface area contributed by atoms with E-state index in [1.165, 1.54) is 18.2 Å². The second kappa shape index (κ2) is 12.1. The van der Waals surface area contributed by atoms with E-state index in [9.17, 15) is 18.8 Å². The maximum atomic E-state index is 14.3. The number of carbonyl (C=O) groups is 3. The van der Waals surface area contributed by atoms with E-state index in [-0.39, 0.29) is 22.9 Å². The molecule has 4 heterocycles. The van der Waals surface area contributed by atoms with Crippen molar-refractivity contribution < 1.29 is 23.5 Å². The summed E-state index contributed by atoms with van der Waals surface area (Å²) >= 11 is 5.94. The number of hydrogen-bond donors (Lipinski definition) is 2. The second-order valence-electron chi connectivity index (χ2n) is 13.0. The largest absolute Gasteiger partial charge is 0.359 e. The first-order chi connectivity index (χ1) is 20.6. The number of carbonyl (C=O) groups excluding carboxylic acids is 3. The molecule has 0 radical (unpaired) electrons. The van der Waals surface area contributed by atoms with Crippen LogP contribution in [0.15, 0.2) is 30.4 Å². The smallest absolute Gasteiger partial charge is 0.246 e. The molecule has 1 aromatic carbocycles. The van der Waals surface area contributed by atoms with Crippen LogP contribution in [0.1, 0.15) is 40.0 Å². The molecule has 234 valence electrons. The Labute approximate surface area is 258 Å².